The normalized spacial score (nSPS) is 17.9. The number of anilines is 2. The highest BCUT2D eigenvalue weighted by molar-refractivity contribution is 5.62. The van der Waals surface area contributed by atoms with Gasteiger partial charge >= 0.3 is 0 Å². The lowest BCUT2D eigenvalue weighted by Crippen LogP contribution is -2.18. The third-order valence-electron chi connectivity index (χ3n) is 7.20. The number of nitro benzene ring substituents is 2. The van der Waals surface area contributed by atoms with Crippen LogP contribution in [0.5, 0.6) is 5.75 Å². The minimum atomic E-state index is -0.762. The molecule has 14 heteroatoms. The van der Waals surface area contributed by atoms with E-state index in [2.05, 4.69) is 0 Å². The van der Waals surface area contributed by atoms with Crippen LogP contribution in [0.15, 0.2) is 91.0 Å². The van der Waals surface area contributed by atoms with E-state index >= 15 is 0 Å². The maximum absolute atomic E-state index is 10.8. The van der Waals surface area contributed by atoms with Crippen molar-refractivity contribution in [1.29, 1.82) is 0 Å². The van der Waals surface area contributed by atoms with E-state index in [1.54, 1.807) is 12.1 Å². The van der Waals surface area contributed by atoms with E-state index in [0.29, 0.717) is 56.5 Å². The molecule has 4 aromatic rings. The molecule has 5 rings (SSSR count). The topological polar surface area (TPSA) is 205 Å². The fraction of sp³-hybridized carbons (Fsp3) is 0.294. The average Bonchev–Trinajstić information content (AvgIpc) is 3.08. The maximum atomic E-state index is 10.8. The Morgan fingerprint density at radius 1 is 0.646 bits per heavy atom. The number of rotatable bonds is 4. The third kappa shape index (κ3) is 10.7. The molecule has 1 aliphatic rings. The summed E-state index contributed by atoms with van der Waals surface area (Å²) in [6.45, 7) is 2.77. The van der Waals surface area contributed by atoms with Crippen LogP contribution >= 0.6 is 0 Å². The molecule has 48 heavy (non-hydrogen) atoms. The van der Waals surface area contributed by atoms with Gasteiger partial charge < -0.3 is 40.3 Å². The Balaban J connectivity index is 0.000000336. The number of phenols is 1. The maximum Gasteiger partial charge on any atom is 0.298 e. The van der Waals surface area contributed by atoms with E-state index in [-0.39, 0.29) is 42.5 Å². The molecule has 0 fully saturated rings. The van der Waals surface area contributed by atoms with Crippen LogP contribution in [0.25, 0.3) is 0 Å². The standard InChI is InChI=1S/C28H33NO6.C6H5N3O4/c29-25-15-23-17-32-19-26(21-7-3-1-4-8-21)34-13-11-31-12-14-35-27(22-9-5-2-6-10-22)20-33-18-24(16-25)28(23)30;7-5-2-1-4(8(10)11)3-6(5)9(12)13/h1-10,15-16,26-27,30H,11-14,17-20,29H2;1-3H,7H2/t26-,27?;/m1./s1. The van der Waals surface area contributed by atoms with Gasteiger partial charge in [-0.15, -0.1) is 0 Å². The lowest BCUT2D eigenvalue weighted by Gasteiger charge is -2.21. The van der Waals surface area contributed by atoms with Gasteiger partial charge in [-0.3, -0.25) is 20.2 Å². The highest BCUT2D eigenvalue weighted by Gasteiger charge is 2.18. The molecule has 1 heterocycles. The zero-order valence-electron chi connectivity index (χ0n) is 26.1. The summed E-state index contributed by atoms with van der Waals surface area (Å²) in [7, 11) is 0. The van der Waals surface area contributed by atoms with Crippen LogP contribution in [0.2, 0.25) is 0 Å². The number of ether oxygens (including phenoxy) is 5. The Labute approximate surface area is 277 Å². The van der Waals surface area contributed by atoms with Gasteiger partial charge in [0.15, 0.2) is 0 Å². The number of hydrogen-bond acceptors (Lipinski definition) is 12. The Morgan fingerprint density at radius 3 is 1.60 bits per heavy atom. The third-order valence-corrected chi connectivity index (χ3v) is 7.20. The van der Waals surface area contributed by atoms with Crippen LogP contribution in [0, 0.1) is 20.2 Å². The Hall–Kier alpha value is -5.12. The van der Waals surface area contributed by atoms with Crippen molar-refractivity contribution >= 4 is 22.7 Å². The Kier molecular flexibility index (Phi) is 13.6. The van der Waals surface area contributed by atoms with Gasteiger partial charge in [-0.2, -0.15) is 0 Å². The summed E-state index contributed by atoms with van der Waals surface area (Å²) in [5.41, 5.74) is 14.2. The second kappa shape index (κ2) is 18.3. The highest BCUT2D eigenvalue weighted by atomic mass is 16.6. The van der Waals surface area contributed by atoms with Crippen molar-refractivity contribution in [1.82, 2.24) is 0 Å². The minimum absolute atomic E-state index is 0.0874. The van der Waals surface area contributed by atoms with Crippen molar-refractivity contribution in [2.24, 2.45) is 0 Å². The first-order chi connectivity index (χ1) is 23.2. The van der Waals surface area contributed by atoms with Crippen molar-refractivity contribution in [3.63, 3.8) is 0 Å². The Bertz CT molecular complexity index is 1550. The molecule has 4 aromatic carbocycles. The number of nitrogens with zero attached hydrogens (tertiary/aromatic N) is 2. The molecule has 0 radical (unpaired) electrons. The predicted octanol–water partition coefficient (Wildman–Crippen LogP) is 5.64. The second-order valence-electron chi connectivity index (χ2n) is 10.6. The van der Waals surface area contributed by atoms with Gasteiger partial charge in [0.25, 0.3) is 11.4 Å². The average molecular weight is 663 g/mol. The SMILES string of the molecule is Nc1cc2c(O)c(c1)COC[C@H](c1ccccc1)OCCOCCOC(c1ccccc1)COC2.Nc1ccc([N+](=O)[O-])cc1[N+](=O)[O-]. The van der Waals surface area contributed by atoms with Gasteiger partial charge in [-0.05, 0) is 29.3 Å². The van der Waals surface area contributed by atoms with Crippen LogP contribution in [0.4, 0.5) is 22.7 Å². The zero-order valence-corrected chi connectivity index (χ0v) is 26.1. The highest BCUT2D eigenvalue weighted by Crippen LogP contribution is 2.29. The first-order valence-electron chi connectivity index (χ1n) is 15.1. The second-order valence-corrected chi connectivity index (χ2v) is 10.6. The van der Waals surface area contributed by atoms with Gasteiger partial charge in [0.05, 0.1) is 68.8 Å². The molecule has 0 aromatic heterocycles. The molecule has 254 valence electrons. The molecule has 0 amide bonds. The predicted molar refractivity (Wildman–Crippen MR) is 177 cm³/mol. The molecule has 1 aliphatic heterocycles. The van der Waals surface area contributed by atoms with E-state index < -0.39 is 15.5 Å². The minimum Gasteiger partial charge on any atom is -0.507 e. The quantitative estimate of drug-likeness (QED) is 0.105. The lowest BCUT2D eigenvalue weighted by atomic mass is 10.1. The number of aromatic hydroxyl groups is 1. The number of phenolic OH excluding ortho intramolecular Hbond substituents is 1. The first-order valence-corrected chi connectivity index (χ1v) is 15.1. The number of nitrogen functional groups attached to an aromatic ring is 2. The molecule has 0 spiro atoms. The number of nitrogens with two attached hydrogens (primary N) is 2. The first kappa shape index (κ1) is 35.7. The summed E-state index contributed by atoms with van der Waals surface area (Å²) < 4.78 is 29.8. The van der Waals surface area contributed by atoms with Crippen molar-refractivity contribution in [3.05, 3.63) is 133 Å². The van der Waals surface area contributed by atoms with Crippen molar-refractivity contribution < 1.29 is 38.6 Å². The summed E-state index contributed by atoms with van der Waals surface area (Å²) >= 11 is 0. The molecule has 5 N–H and O–H groups in total. The van der Waals surface area contributed by atoms with Crippen molar-refractivity contribution in [2.45, 2.75) is 25.4 Å². The summed E-state index contributed by atoms with van der Waals surface area (Å²) in [6, 6.07) is 26.3. The number of benzene rings is 4. The number of fused-ring (bicyclic) bond motifs is 2. The van der Waals surface area contributed by atoms with E-state index in [1.165, 1.54) is 0 Å². The molecular weight excluding hydrogens is 624 g/mol. The molecule has 1 unspecified atom stereocenters. The van der Waals surface area contributed by atoms with E-state index in [1.807, 2.05) is 60.7 Å². The van der Waals surface area contributed by atoms with Gasteiger partial charge in [0, 0.05) is 22.9 Å². The number of nitro groups is 2. The molecule has 0 saturated heterocycles. The monoisotopic (exact) mass is 662 g/mol. The molecular formula is C34H38N4O10. The van der Waals surface area contributed by atoms with Crippen LogP contribution in [0.3, 0.4) is 0 Å². The van der Waals surface area contributed by atoms with Gasteiger partial charge in [-0.25, -0.2) is 0 Å². The molecule has 2 bridgehead atoms. The van der Waals surface area contributed by atoms with Crippen LogP contribution in [-0.4, -0.2) is 54.6 Å². The van der Waals surface area contributed by atoms with E-state index in [4.69, 9.17) is 35.2 Å². The smallest absolute Gasteiger partial charge is 0.298 e. The van der Waals surface area contributed by atoms with Gasteiger partial charge in [0.2, 0.25) is 0 Å². The van der Waals surface area contributed by atoms with Crippen LogP contribution < -0.4 is 11.5 Å². The molecule has 2 atom stereocenters. The number of non-ortho nitro benzene ring substituents is 1. The van der Waals surface area contributed by atoms with Crippen LogP contribution in [-0.2, 0) is 36.9 Å². The van der Waals surface area contributed by atoms with Crippen molar-refractivity contribution in [3.8, 4) is 5.75 Å². The summed E-state index contributed by atoms with van der Waals surface area (Å²) in [6.07, 6.45) is -0.521. The van der Waals surface area contributed by atoms with Crippen LogP contribution in [0.1, 0.15) is 34.5 Å². The number of hydrogen-bond donors (Lipinski definition) is 3. The molecule has 0 saturated carbocycles. The van der Waals surface area contributed by atoms with E-state index in [0.717, 1.165) is 29.3 Å². The van der Waals surface area contributed by atoms with E-state index in [9.17, 15) is 25.3 Å². The zero-order chi connectivity index (χ0) is 34.3. The summed E-state index contributed by atoms with van der Waals surface area (Å²) in [5, 5.41) is 31.4. The fourth-order valence-electron chi connectivity index (χ4n) is 4.78. The molecule has 14 nitrogen and oxygen atoms in total. The summed E-state index contributed by atoms with van der Waals surface area (Å²) in [5.74, 6) is 0.128. The lowest BCUT2D eigenvalue weighted by molar-refractivity contribution is -0.393. The van der Waals surface area contributed by atoms with Gasteiger partial charge in [0.1, 0.15) is 23.6 Å². The fourth-order valence-corrected chi connectivity index (χ4v) is 4.78. The van der Waals surface area contributed by atoms with Crippen molar-refractivity contribution in [2.75, 3.05) is 51.1 Å². The Morgan fingerprint density at radius 2 is 1.15 bits per heavy atom. The summed E-state index contributed by atoms with van der Waals surface area (Å²) in [4.78, 5) is 19.1. The molecule has 0 aliphatic carbocycles. The largest absolute Gasteiger partial charge is 0.507 e. The van der Waals surface area contributed by atoms with Gasteiger partial charge in [-0.1, -0.05) is 60.7 Å².